The molecule has 1 saturated carbocycles. The quantitative estimate of drug-likeness (QED) is 0.818. The highest BCUT2D eigenvalue weighted by Crippen LogP contribution is 2.64. The van der Waals surface area contributed by atoms with Crippen LogP contribution >= 0.6 is 23.2 Å². The topological polar surface area (TPSA) is 86.0 Å². The first-order valence-electron chi connectivity index (χ1n) is 6.83. The maximum absolute atomic E-state index is 12.3. The second-order valence-electron chi connectivity index (χ2n) is 5.97. The molecule has 1 unspecified atom stereocenters. The highest BCUT2D eigenvalue weighted by atomic mass is 35.5. The first kappa shape index (κ1) is 16.0. The van der Waals surface area contributed by atoms with Gasteiger partial charge in [0, 0.05) is 14.1 Å². The van der Waals surface area contributed by atoms with Crippen molar-refractivity contribution in [3.8, 4) is 0 Å². The summed E-state index contributed by atoms with van der Waals surface area (Å²) in [4.78, 5) is 40.4. The number of alkyl halides is 2. The molecule has 2 aromatic rings. The van der Waals surface area contributed by atoms with Crippen LogP contribution in [0.2, 0.25) is 0 Å². The van der Waals surface area contributed by atoms with Gasteiger partial charge in [-0.25, -0.2) is 9.78 Å². The zero-order valence-corrected chi connectivity index (χ0v) is 14.2. The van der Waals surface area contributed by atoms with Crippen LogP contribution in [-0.4, -0.2) is 24.4 Å². The maximum Gasteiger partial charge on any atom is 0.332 e. The van der Waals surface area contributed by atoms with E-state index in [1.165, 1.54) is 30.9 Å². The molecule has 0 spiro atoms. The Morgan fingerprint density at radius 2 is 1.91 bits per heavy atom. The minimum absolute atomic E-state index is 0.233. The predicted molar refractivity (Wildman–Crippen MR) is 88.0 cm³/mol. The van der Waals surface area contributed by atoms with Crippen molar-refractivity contribution in [2.45, 2.75) is 17.7 Å². The molecule has 1 amide bonds. The van der Waals surface area contributed by atoms with Crippen molar-refractivity contribution in [2.24, 2.45) is 19.5 Å². The van der Waals surface area contributed by atoms with Gasteiger partial charge in [0.2, 0.25) is 5.91 Å². The van der Waals surface area contributed by atoms with E-state index in [0.29, 0.717) is 12.1 Å². The molecule has 0 aromatic carbocycles. The summed E-state index contributed by atoms with van der Waals surface area (Å²) in [6.45, 7) is 1.67. The molecule has 3 rings (SSSR count). The van der Waals surface area contributed by atoms with E-state index in [9.17, 15) is 14.4 Å². The van der Waals surface area contributed by atoms with E-state index < -0.39 is 21.0 Å². The third-order valence-electron chi connectivity index (χ3n) is 4.31. The number of aromatic nitrogens is 3. The van der Waals surface area contributed by atoms with Crippen LogP contribution in [0.3, 0.4) is 0 Å². The highest BCUT2D eigenvalue weighted by Gasteiger charge is 2.67. The van der Waals surface area contributed by atoms with Crippen molar-refractivity contribution < 1.29 is 4.79 Å². The van der Waals surface area contributed by atoms with E-state index >= 15 is 0 Å². The molecule has 1 aliphatic carbocycles. The third kappa shape index (κ3) is 2.26. The van der Waals surface area contributed by atoms with E-state index in [1.54, 1.807) is 6.92 Å². The van der Waals surface area contributed by atoms with Gasteiger partial charge in [-0.15, -0.1) is 23.2 Å². The fraction of sp³-hybridized carbons (Fsp3) is 0.429. The second-order valence-corrected chi connectivity index (χ2v) is 7.45. The Morgan fingerprint density at radius 1 is 1.30 bits per heavy atom. The lowest BCUT2D eigenvalue weighted by Crippen LogP contribution is -2.37. The largest absolute Gasteiger partial charge is 0.332 e. The second kappa shape index (κ2) is 4.82. The average molecular weight is 357 g/mol. The molecule has 0 radical (unpaired) electrons. The Bertz CT molecular complexity index is 963. The van der Waals surface area contributed by atoms with Gasteiger partial charge in [-0.2, -0.15) is 0 Å². The number of halogens is 2. The molecule has 9 heteroatoms. The van der Waals surface area contributed by atoms with Crippen LogP contribution in [0.25, 0.3) is 11.0 Å². The van der Waals surface area contributed by atoms with Crippen molar-refractivity contribution in [2.75, 3.05) is 5.32 Å². The van der Waals surface area contributed by atoms with Gasteiger partial charge in [-0.3, -0.25) is 18.7 Å². The molecule has 23 heavy (non-hydrogen) atoms. The molecular weight excluding hydrogens is 343 g/mol. The number of fused-ring (bicyclic) bond motifs is 1. The smallest absolute Gasteiger partial charge is 0.324 e. The SMILES string of the molecule is Cn1c(=O)c2cc(NC(=O)C3(C)CC3(Cl)Cl)cnc2n(C)c1=O. The molecule has 1 N–H and O–H groups in total. The molecular formula is C14H14Cl2N4O3. The average Bonchev–Trinajstić information content (AvgIpc) is 3.03. The summed E-state index contributed by atoms with van der Waals surface area (Å²) >= 11 is 12.0. The summed E-state index contributed by atoms with van der Waals surface area (Å²) in [5, 5.41) is 2.90. The first-order chi connectivity index (χ1) is 10.6. The van der Waals surface area contributed by atoms with Crippen LogP contribution in [0.1, 0.15) is 13.3 Å². The normalized spacial score (nSPS) is 22.1. The van der Waals surface area contributed by atoms with E-state index in [0.717, 1.165) is 4.57 Å². The fourth-order valence-electron chi connectivity index (χ4n) is 2.45. The predicted octanol–water partition coefficient (Wildman–Crippen LogP) is 1.15. The van der Waals surface area contributed by atoms with E-state index in [4.69, 9.17) is 23.2 Å². The molecule has 0 aliphatic heterocycles. The monoisotopic (exact) mass is 356 g/mol. The first-order valence-corrected chi connectivity index (χ1v) is 7.59. The van der Waals surface area contributed by atoms with E-state index in [2.05, 4.69) is 10.3 Å². The number of pyridine rings is 1. The Kier molecular flexibility index (Phi) is 3.35. The Balaban J connectivity index is 2.04. The van der Waals surface area contributed by atoms with Crippen LogP contribution in [-0.2, 0) is 18.9 Å². The van der Waals surface area contributed by atoms with Gasteiger partial charge in [0.1, 0.15) is 9.98 Å². The molecule has 7 nitrogen and oxygen atoms in total. The highest BCUT2D eigenvalue weighted by molar-refractivity contribution is 6.53. The number of nitrogens with zero attached hydrogens (tertiary/aromatic N) is 3. The standard InChI is InChI=1S/C14H14Cl2N4O3/c1-13(6-14(13,15)16)11(22)18-7-4-8-9(17-5-7)19(2)12(23)20(3)10(8)21/h4-5H,6H2,1-3H3,(H,18,22). The number of carbonyl (C=O) groups excluding carboxylic acids is 1. The number of nitrogens with one attached hydrogen (secondary N) is 1. The van der Waals surface area contributed by atoms with Crippen LogP contribution in [0.5, 0.6) is 0 Å². The Labute approximate surface area is 140 Å². The van der Waals surface area contributed by atoms with Crippen molar-refractivity contribution in [1.82, 2.24) is 14.1 Å². The lowest BCUT2D eigenvalue weighted by atomic mass is 10.1. The van der Waals surface area contributed by atoms with E-state index in [-0.39, 0.29) is 16.9 Å². The van der Waals surface area contributed by atoms with Crippen molar-refractivity contribution >= 4 is 45.8 Å². The van der Waals surface area contributed by atoms with Crippen molar-refractivity contribution in [3.63, 3.8) is 0 Å². The Morgan fingerprint density at radius 3 is 2.48 bits per heavy atom. The summed E-state index contributed by atoms with van der Waals surface area (Å²) in [7, 11) is 2.91. The number of carbonyl (C=O) groups is 1. The number of hydrogen-bond acceptors (Lipinski definition) is 4. The van der Waals surface area contributed by atoms with Crippen LogP contribution in [0.15, 0.2) is 21.9 Å². The van der Waals surface area contributed by atoms with Gasteiger partial charge in [-0.1, -0.05) is 0 Å². The number of amides is 1. The molecule has 2 aromatic heterocycles. The minimum Gasteiger partial charge on any atom is -0.324 e. The lowest BCUT2D eigenvalue weighted by Gasteiger charge is -2.13. The van der Waals surface area contributed by atoms with Crippen LogP contribution in [0.4, 0.5) is 5.69 Å². The molecule has 2 heterocycles. The summed E-state index contributed by atoms with van der Waals surface area (Å²) in [5.41, 5.74) is -1.23. The maximum atomic E-state index is 12.3. The van der Waals surface area contributed by atoms with Gasteiger partial charge < -0.3 is 5.32 Å². The number of hydrogen-bond donors (Lipinski definition) is 1. The number of aryl methyl sites for hydroxylation is 1. The molecule has 1 aliphatic rings. The molecule has 122 valence electrons. The molecule has 0 bridgehead atoms. The molecule has 0 saturated heterocycles. The number of anilines is 1. The zero-order chi connectivity index (χ0) is 17.2. The third-order valence-corrected chi connectivity index (χ3v) is 5.41. The van der Waals surface area contributed by atoms with Gasteiger partial charge in [0.25, 0.3) is 5.56 Å². The van der Waals surface area contributed by atoms with Gasteiger partial charge in [0.05, 0.1) is 22.7 Å². The fourth-order valence-corrected chi connectivity index (χ4v) is 3.16. The van der Waals surface area contributed by atoms with Crippen molar-refractivity contribution in [1.29, 1.82) is 0 Å². The molecule has 1 fully saturated rings. The van der Waals surface area contributed by atoms with Gasteiger partial charge in [-0.05, 0) is 19.4 Å². The minimum atomic E-state index is -1.08. The van der Waals surface area contributed by atoms with Crippen LogP contribution < -0.4 is 16.6 Å². The van der Waals surface area contributed by atoms with E-state index in [1.807, 2.05) is 0 Å². The summed E-state index contributed by atoms with van der Waals surface area (Å²) in [6, 6.07) is 1.48. The Hall–Kier alpha value is -1.86. The zero-order valence-electron chi connectivity index (χ0n) is 12.7. The molecule has 1 atom stereocenters. The van der Waals surface area contributed by atoms with Gasteiger partial charge in [0.15, 0.2) is 0 Å². The summed E-state index contributed by atoms with van der Waals surface area (Å²) in [6.07, 6.45) is 1.74. The summed E-state index contributed by atoms with van der Waals surface area (Å²) < 4.78 is 1.18. The van der Waals surface area contributed by atoms with Crippen molar-refractivity contribution in [3.05, 3.63) is 33.1 Å². The lowest BCUT2D eigenvalue weighted by molar-refractivity contribution is -0.120. The summed E-state index contributed by atoms with van der Waals surface area (Å²) in [5.74, 6) is -0.342. The van der Waals surface area contributed by atoms with Crippen LogP contribution in [0, 0.1) is 5.41 Å². The van der Waals surface area contributed by atoms with Gasteiger partial charge >= 0.3 is 5.69 Å². The number of rotatable bonds is 2.